The minimum absolute atomic E-state index is 0.0625. The zero-order chi connectivity index (χ0) is 54.7. The van der Waals surface area contributed by atoms with Gasteiger partial charge < -0.3 is 50.0 Å². The van der Waals surface area contributed by atoms with Crippen LogP contribution >= 0.6 is 11.8 Å². The lowest BCUT2D eigenvalue weighted by atomic mass is 9.92. The van der Waals surface area contributed by atoms with Crippen molar-refractivity contribution in [3.05, 3.63) is 59.7 Å². The number of hydrogen-bond donors (Lipinski definition) is 4. The average Bonchev–Trinajstić information content (AvgIpc) is 4.03. The first-order valence-electron chi connectivity index (χ1n) is 26.2. The molecule has 2 saturated heterocycles. The molecule has 0 saturated carbocycles. The number of nitrogens with zero attached hydrogens (tertiary/aromatic N) is 3. The summed E-state index contributed by atoms with van der Waals surface area (Å²) in [5, 5.41) is 19.8. The normalized spacial score (nSPS) is 26.6. The highest BCUT2D eigenvalue weighted by atomic mass is 32.2. The van der Waals surface area contributed by atoms with Gasteiger partial charge in [0.15, 0.2) is 6.10 Å². The fourth-order valence-corrected chi connectivity index (χ4v) is 11.2. The second-order valence-corrected chi connectivity index (χ2v) is 22.6. The number of methoxy groups -OCH3 is 1. The van der Waals surface area contributed by atoms with Crippen LogP contribution < -0.4 is 20.7 Å². The van der Waals surface area contributed by atoms with Gasteiger partial charge in [-0.1, -0.05) is 92.1 Å². The SMILES string of the molecule is CC[C@H](C)[C@H]1NC(=O)[C@@H](NC(=O)[C@@H](CC(C)C)N(C)C(=O)C2Cc3ccccc3S2)[C@@H](C)OC(=O)[C@H](Cc2ccc(OC)cc2)N(C)C(=O)[C@@H]2CCCN2C(=O)[C@H](CC(C)C)NC(=O)[C@H](C(C)C)OC(=O)C[C@@H]1O. The van der Waals surface area contributed by atoms with Crippen LogP contribution in [0.15, 0.2) is 53.4 Å². The number of esters is 2. The van der Waals surface area contributed by atoms with Gasteiger partial charge in [0.05, 0.1) is 30.9 Å². The summed E-state index contributed by atoms with van der Waals surface area (Å²) in [6, 6.07) is 7.32. The monoisotopic (exact) mass is 1050 g/mol. The first kappa shape index (κ1) is 59.2. The molecule has 2 aromatic rings. The summed E-state index contributed by atoms with van der Waals surface area (Å²) in [4.78, 5) is 121. The number of fused-ring (bicyclic) bond motifs is 2. The number of rotatable bonds is 14. The molecule has 0 bridgehead atoms. The number of nitrogens with one attached hydrogen (secondary N) is 3. The molecule has 74 heavy (non-hydrogen) atoms. The number of aliphatic hydroxyl groups is 1. The van der Waals surface area contributed by atoms with E-state index in [0.717, 1.165) is 10.5 Å². The van der Waals surface area contributed by atoms with E-state index in [1.807, 2.05) is 58.9 Å². The van der Waals surface area contributed by atoms with E-state index in [0.29, 0.717) is 30.6 Å². The van der Waals surface area contributed by atoms with Gasteiger partial charge >= 0.3 is 11.9 Å². The molecule has 5 rings (SSSR count). The quantitative estimate of drug-likeness (QED) is 0.192. The summed E-state index contributed by atoms with van der Waals surface area (Å²) in [6.45, 7) is 16.1. The van der Waals surface area contributed by atoms with E-state index in [2.05, 4.69) is 16.0 Å². The van der Waals surface area contributed by atoms with Crippen molar-refractivity contribution in [3.63, 3.8) is 0 Å². The predicted molar refractivity (Wildman–Crippen MR) is 279 cm³/mol. The number of cyclic esters (lactones) is 2. The standard InChI is InChI=1S/C55H80N6O12S/c1-13-33(8)46-42(62)29-45(63)73-48(32(6)7)51(66)56-38(25-30(2)3)52(67)61-24-16-18-39(61)53(68)60(11)41(27-35-20-22-37(71-12)23-21-35)55(70)72-34(9)47(50(65)57-46)58-49(64)40(26-31(4)5)59(10)54(69)44-28-36-17-14-15-19-43(36)74-44/h14-15,17,19-23,30-34,38-42,44,46-48,62H,13,16,18,24-29H2,1-12H3,(H,56,66)(H,57,65)(H,58,64)/t33-,34+,38-,39-,40+,41-,42-,44?,46+,47-,48-/m0/s1. The second kappa shape index (κ2) is 26.7. The number of likely N-dealkylation sites (N-methyl/N-ethyl adjacent to an activating group) is 2. The van der Waals surface area contributed by atoms with Gasteiger partial charge in [0.1, 0.15) is 42.1 Å². The summed E-state index contributed by atoms with van der Waals surface area (Å²) in [6.07, 6.45) is -3.07. The molecular formula is C55H80N6O12S. The first-order chi connectivity index (χ1) is 34.9. The molecule has 3 aliphatic heterocycles. The number of aliphatic hydroxyl groups excluding tert-OH is 1. The molecule has 2 fully saturated rings. The maximum atomic E-state index is 14.9. The van der Waals surface area contributed by atoms with Crippen molar-refractivity contribution in [2.24, 2.45) is 23.7 Å². The van der Waals surface area contributed by atoms with Crippen molar-refractivity contribution in [1.82, 2.24) is 30.7 Å². The van der Waals surface area contributed by atoms with E-state index in [9.17, 15) is 43.5 Å². The van der Waals surface area contributed by atoms with Gasteiger partial charge in [0, 0.05) is 32.0 Å². The lowest BCUT2D eigenvalue weighted by Crippen LogP contribution is -2.61. The largest absolute Gasteiger partial charge is 0.497 e. The Morgan fingerprint density at radius 1 is 0.905 bits per heavy atom. The van der Waals surface area contributed by atoms with Crippen LogP contribution in [0.5, 0.6) is 5.75 Å². The van der Waals surface area contributed by atoms with Crippen LogP contribution in [0.3, 0.4) is 0 Å². The highest BCUT2D eigenvalue weighted by molar-refractivity contribution is 8.01. The summed E-state index contributed by atoms with van der Waals surface area (Å²) in [5.74, 6) is -6.18. The predicted octanol–water partition coefficient (Wildman–Crippen LogP) is 4.46. The van der Waals surface area contributed by atoms with E-state index in [1.54, 1.807) is 52.1 Å². The minimum Gasteiger partial charge on any atom is -0.497 e. The number of benzene rings is 2. The van der Waals surface area contributed by atoms with Gasteiger partial charge in [-0.2, -0.15) is 0 Å². The number of carbonyl (C=O) groups excluding carboxylic acids is 8. The van der Waals surface area contributed by atoms with Crippen molar-refractivity contribution >= 4 is 59.1 Å². The molecular weight excluding hydrogens is 969 g/mol. The number of hydrogen-bond acceptors (Lipinski definition) is 13. The smallest absolute Gasteiger partial charge is 0.329 e. The molecule has 3 heterocycles. The van der Waals surface area contributed by atoms with Crippen molar-refractivity contribution in [2.75, 3.05) is 27.7 Å². The van der Waals surface area contributed by atoms with Crippen LogP contribution in [-0.2, 0) is 60.7 Å². The molecule has 0 spiro atoms. The summed E-state index contributed by atoms with van der Waals surface area (Å²) in [7, 11) is 4.52. The van der Waals surface area contributed by atoms with E-state index >= 15 is 0 Å². The van der Waals surface area contributed by atoms with E-state index in [4.69, 9.17) is 14.2 Å². The van der Waals surface area contributed by atoms with Gasteiger partial charge in [-0.15, -0.1) is 11.8 Å². The van der Waals surface area contributed by atoms with Crippen molar-refractivity contribution in [1.29, 1.82) is 0 Å². The number of ether oxygens (including phenoxy) is 3. The van der Waals surface area contributed by atoms with Gasteiger partial charge in [0.25, 0.3) is 5.91 Å². The van der Waals surface area contributed by atoms with Crippen LogP contribution in [0.25, 0.3) is 0 Å². The van der Waals surface area contributed by atoms with Crippen molar-refractivity contribution in [3.8, 4) is 5.75 Å². The molecule has 0 aromatic heterocycles. The summed E-state index contributed by atoms with van der Waals surface area (Å²) < 4.78 is 17.3. The number of amides is 6. The molecule has 19 heteroatoms. The molecule has 2 aromatic carbocycles. The Morgan fingerprint density at radius 2 is 1.58 bits per heavy atom. The van der Waals surface area contributed by atoms with Crippen LogP contribution in [0.2, 0.25) is 0 Å². The molecule has 6 amide bonds. The van der Waals surface area contributed by atoms with E-state index in [1.165, 1.54) is 47.5 Å². The average molecular weight is 1050 g/mol. The maximum absolute atomic E-state index is 14.9. The van der Waals surface area contributed by atoms with Crippen LogP contribution in [0.1, 0.15) is 112 Å². The van der Waals surface area contributed by atoms with Crippen LogP contribution in [0.4, 0.5) is 0 Å². The maximum Gasteiger partial charge on any atom is 0.329 e. The Hall–Kier alpha value is -5.69. The molecule has 11 atom stereocenters. The highest BCUT2D eigenvalue weighted by Gasteiger charge is 2.45. The Morgan fingerprint density at radius 3 is 2.19 bits per heavy atom. The Kier molecular flexibility index (Phi) is 21.3. The lowest BCUT2D eigenvalue weighted by molar-refractivity contribution is -0.162. The van der Waals surface area contributed by atoms with Crippen LogP contribution in [-0.4, -0.2) is 155 Å². The number of thioether (sulfide) groups is 1. The Bertz CT molecular complexity index is 2290. The topological polar surface area (TPSA) is 230 Å². The molecule has 1 unspecified atom stereocenters. The van der Waals surface area contributed by atoms with Gasteiger partial charge in [-0.05, 0) is 92.0 Å². The van der Waals surface area contributed by atoms with Crippen molar-refractivity contribution < 1.29 is 57.7 Å². The summed E-state index contributed by atoms with van der Waals surface area (Å²) >= 11 is 1.42. The fraction of sp³-hybridized carbons (Fsp3) is 0.636. The molecule has 0 aliphatic carbocycles. The lowest BCUT2D eigenvalue weighted by Gasteiger charge is -2.36. The molecule has 408 valence electrons. The van der Waals surface area contributed by atoms with E-state index in [-0.39, 0.29) is 50.0 Å². The Balaban J connectivity index is 1.59. The highest BCUT2D eigenvalue weighted by Crippen LogP contribution is 2.38. The molecule has 18 nitrogen and oxygen atoms in total. The zero-order valence-electron chi connectivity index (χ0n) is 45.3. The van der Waals surface area contributed by atoms with E-state index < -0.39 is 120 Å². The third-order valence-electron chi connectivity index (χ3n) is 14.4. The fourth-order valence-electron chi connectivity index (χ4n) is 9.85. The summed E-state index contributed by atoms with van der Waals surface area (Å²) in [5.41, 5.74) is 1.65. The Labute approximate surface area is 441 Å². The first-order valence-corrected chi connectivity index (χ1v) is 27.0. The molecule has 3 aliphatic rings. The third kappa shape index (κ3) is 15.0. The van der Waals surface area contributed by atoms with Gasteiger partial charge in [-0.3, -0.25) is 33.6 Å². The molecule has 4 N–H and O–H groups in total. The van der Waals surface area contributed by atoms with Gasteiger partial charge in [-0.25, -0.2) is 4.79 Å². The number of carbonyl (C=O) groups is 8. The molecule has 0 radical (unpaired) electrons. The van der Waals surface area contributed by atoms with Crippen molar-refractivity contribution in [2.45, 2.75) is 178 Å². The zero-order valence-corrected chi connectivity index (χ0v) is 46.1. The van der Waals surface area contributed by atoms with Crippen LogP contribution in [0, 0.1) is 23.7 Å². The van der Waals surface area contributed by atoms with Gasteiger partial charge in [0.2, 0.25) is 29.5 Å². The third-order valence-corrected chi connectivity index (χ3v) is 15.7. The second-order valence-electron chi connectivity index (χ2n) is 21.4. The minimum atomic E-state index is -1.65.